The Morgan fingerprint density at radius 2 is 2.20 bits per heavy atom. The molecule has 1 N–H and O–H groups in total. The molecule has 0 spiro atoms. The minimum atomic E-state index is -3.92. The van der Waals surface area contributed by atoms with E-state index in [9.17, 15) is 12.8 Å². The Kier molecular flexibility index (Phi) is 4.05. The number of hydrogen-bond donors (Lipinski definition) is 1. The first-order valence-electron chi connectivity index (χ1n) is 5.32. The number of nitrogens with zero attached hydrogens (tertiary/aromatic N) is 2. The summed E-state index contributed by atoms with van der Waals surface area (Å²) in [4.78, 5) is 1.76. The molecule has 106 valence electrons. The summed E-state index contributed by atoms with van der Waals surface area (Å²) in [5.74, 6) is -0.133. The Morgan fingerprint density at radius 1 is 1.45 bits per heavy atom. The standard InChI is InChI=1S/C11H9ClFN3O3S/c1-7-4-8(15-19-7)6-14-16-20(17,18)9-2-3-11(13)10(12)5-9/h2-6,16H,1H3/b14-6-. The molecule has 0 atom stereocenters. The van der Waals surface area contributed by atoms with E-state index in [4.69, 9.17) is 16.1 Å². The molecule has 0 aliphatic rings. The highest BCUT2D eigenvalue weighted by Crippen LogP contribution is 2.19. The number of hydrogen-bond acceptors (Lipinski definition) is 5. The summed E-state index contributed by atoms with van der Waals surface area (Å²) in [6, 6.07) is 4.61. The van der Waals surface area contributed by atoms with E-state index in [1.807, 2.05) is 4.83 Å². The fourth-order valence-electron chi connectivity index (χ4n) is 1.31. The van der Waals surface area contributed by atoms with Crippen LogP contribution in [0.2, 0.25) is 5.02 Å². The van der Waals surface area contributed by atoms with E-state index in [2.05, 4.69) is 10.3 Å². The van der Waals surface area contributed by atoms with Crippen LogP contribution >= 0.6 is 11.6 Å². The highest BCUT2D eigenvalue weighted by molar-refractivity contribution is 7.89. The normalized spacial score (nSPS) is 11.9. The maximum Gasteiger partial charge on any atom is 0.276 e. The zero-order valence-corrected chi connectivity index (χ0v) is 11.7. The van der Waals surface area contributed by atoms with Gasteiger partial charge in [-0.05, 0) is 25.1 Å². The third-order valence-electron chi connectivity index (χ3n) is 2.22. The number of aromatic nitrogens is 1. The molecule has 6 nitrogen and oxygen atoms in total. The summed E-state index contributed by atoms with van der Waals surface area (Å²) in [6.07, 6.45) is 1.18. The van der Waals surface area contributed by atoms with Gasteiger partial charge in [0.05, 0.1) is 16.1 Å². The van der Waals surface area contributed by atoms with Gasteiger partial charge in [-0.15, -0.1) is 0 Å². The lowest BCUT2D eigenvalue weighted by Gasteiger charge is -2.03. The Morgan fingerprint density at radius 3 is 2.80 bits per heavy atom. The van der Waals surface area contributed by atoms with Crippen molar-refractivity contribution in [3.8, 4) is 0 Å². The van der Waals surface area contributed by atoms with Crippen LogP contribution in [-0.4, -0.2) is 19.8 Å². The van der Waals surface area contributed by atoms with Gasteiger partial charge in [0.15, 0.2) is 0 Å². The lowest BCUT2D eigenvalue weighted by atomic mass is 10.3. The third-order valence-corrected chi connectivity index (χ3v) is 3.73. The zero-order valence-electron chi connectivity index (χ0n) is 10.2. The average molecular weight is 318 g/mol. The fourth-order valence-corrected chi connectivity index (χ4v) is 2.37. The van der Waals surface area contributed by atoms with Gasteiger partial charge in [-0.2, -0.15) is 13.5 Å². The molecule has 2 aromatic rings. The van der Waals surface area contributed by atoms with Crippen LogP contribution in [0.1, 0.15) is 11.5 Å². The highest BCUT2D eigenvalue weighted by Gasteiger charge is 2.14. The summed E-state index contributed by atoms with van der Waals surface area (Å²) in [5, 5.41) is 6.85. The SMILES string of the molecule is Cc1cc(/C=N\NS(=O)(=O)c2ccc(F)c(Cl)c2)no1. The lowest BCUT2D eigenvalue weighted by molar-refractivity contribution is 0.396. The van der Waals surface area contributed by atoms with E-state index >= 15 is 0 Å². The summed E-state index contributed by atoms with van der Waals surface area (Å²) in [6.45, 7) is 1.69. The number of aryl methyl sites for hydroxylation is 1. The van der Waals surface area contributed by atoms with Gasteiger partial charge in [0.2, 0.25) is 0 Å². The minimum Gasteiger partial charge on any atom is -0.361 e. The molecule has 0 radical (unpaired) electrons. The van der Waals surface area contributed by atoms with E-state index < -0.39 is 15.8 Å². The van der Waals surface area contributed by atoms with Crippen molar-refractivity contribution in [2.75, 3.05) is 0 Å². The van der Waals surface area contributed by atoms with Crippen LogP contribution in [0.15, 0.2) is 38.8 Å². The van der Waals surface area contributed by atoms with Crippen molar-refractivity contribution in [2.45, 2.75) is 11.8 Å². The summed E-state index contributed by atoms with van der Waals surface area (Å²) in [5.41, 5.74) is 0.363. The van der Waals surface area contributed by atoms with Crippen molar-refractivity contribution >= 4 is 27.8 Å². The maximum atomic E-state index is 13.0. The molecule has 0 saturated heterocycles. The molecule has 2 rings (SSSR count). The van der Waals surface area contributed by atoms with Crippen LogP contribution in [-0.2, 0) is 10.0 Å². The second-order valence-corrected chi connectivity index (χ2v) is 5.86. The van der Waals surface area contributed by atoms with Crippen molar-refractivity contribution in [2.24, 2.45) is 5.10 Å². The second kappa shape index (κ2) is 5.59. The summed E-state index contributed by atoms with van der Waals surface area (Å²) < 4.78 is 41.4. The summed E-state index contributed by atoms with van der Waals surface area (Å²) in [7, 11) is -3.92. The van der Waals surface area contributed by atoms with Crippen molar-refractivity contribution < 1.29 is 17.3 Å². The van der Waals surface area contributed by atoms with Crippen LogP contribution < -0.4 is 4.83 Å². The molecular weight excluding hydrogens is 309 g/mol. The van der Waals surface area contributed by atoms with Gasteiger partial charge in [-0.25, -0.2) is 9.22 Å². The molecule has 1 aromatic heterocycles. The molecular formula is C11H9ClFN3O3S. The minimum absolute atomic E-state index is 0.197. The van der Waals surface area contributed by atoms with Gasteiger partial charge in [-0.3, -0.25) is 0 Å². The Balaban J connectivity index is 2.15. The molecule has 0 fully saturated rings. The van der Waals surface area contributed by atoms with E-state index in [0.717, 1.165) is 18.2 Å². The Hall–Kier alpha value is -1.93. The summed E-state index contributed by atoms with van der Waals surface area (Å²) >= 11 is 5.52. The van der Waals surface area contributed by atoms with Crippen molar-refractivity contribution in [1.29, 1.82) is 0 Å². The number of rotatable bonds is 4. The van der Waals surface area contributed by atoms with Crippen molar-refractivity contribution in [3.05, 3.63) is 46.6 Å². The van der Waals surface area contributed by atoms with Gasteiger partial charge in [0.1, 0.15) is 17.3 Å². The van der Waals surface area contributed by atoms with Crippen LogP contribution in [0.3, 0.4) is 0 Å². The molecule has 9 heteroatoms. The van der Waals surface area contributed by atoms with Crippen LogP contribution in [0.5, 0.6) is 0 Å². The Bertz CT molecular complexity index is 758. The lowest BCUT2D eigenvalue weighted by Crippen LogP contribution is -2.18. The monoisotopic (exact) mass is 317 g/mol. The predicted octanol–water partition coefficient (Wildman–Crippen LogP) is 2.09. The molecule has 0 aliphatic carbocycles. The molecule has 0 amide bonds. The van der Waals surface area contributed by atoms with Gasteiger partial charge >= 0.3 is 0 Å². The van der Waals surface area contributed by atoms with E-state index in [1.165, 1.54) is 6.21 Å². The first-order chi connectivity index (χ1) is 9.38. The predicted molar refractivity (Wildman–Crippen MR) is 70.6 cm³/mol. The number of hydrazone groups is 1. The number of nitrogens with one attached hydrogen (secondary N) is 1. The van der Waals surface area contributed by atoms with Gasteiger partial charge in [-0.1, -0.05) is 16.8 Å². The quantitative estimate of drug-likeness (QED) is 0.691. The smallest absolute Gasteiger partial charge is 0.276 e. The maximum absolute atomic E-state index is 13.0. The van der Waals surface area contributed by atoms with E-state index in [-0.39, 0.29) is 9.92 Å². The topological polar surface area (TPSA) is 84.6 Å². The number of benzene rings is 1. The van der Waals surface area contributed by atoms with Crippen molar-refractivity contribution in [3.63, 3.8) is 0 Å². The van der Waals surface area contributed by atoms with Crippen LogP contribution in [0.25, 0.3) is 0 Å². The van der Waals surface area contributed by atoms with Crippen LogP contribution in [0, 0.1) is 12.7 Å². The molecule has 1 aromatic carbocycles. The van der Waals surface area contributed by atoms with Gasteiger partial charge in [0.25, 0.3) is 10.0 Å². The Labute approximate surface area is 119 Å². The first-order valence-corrected chi connectivity index (χ1v) is 7.18. The zero-order chi connectivity index (χ0) is 14.8. The van der Waals surface area contributed by atoms with Gasteiger partial charge in [0, 0.05) is 6.07 Å². The molecule has 20 heavy (non-hydrogen) atoms. The number of halogens is 2. The molecule has 0 saturated carbocycles. The molecule has 0 unspecified atom stereocenters. The molecule has 0 aliphatic heterocycles. The van der Waals surface area contributed by atoms with Crippen LogP contribution in [0.4, 0.5) is 4.39 Å². The second-order valence-electron chi connectivity index (χ2n) is 3.79. The van der Waals surface area contributed by atoms with E-state index in [1.54, 1.807) is 13.0 Å². The largest absolute Gasteiger partial charge is 0.361 e. The highest BCUT2D eigenvalue weighted by atomic mass is 35.5. The fraction of sp³-hybridized carbons (Fsp3) is 0.0909. The average Bonchev–Trinajstić information content (AvgIpc) is 2.78. The van der Waals surface area contributed by atoms with Crippen molar-refractivity contribution in [1.82, 2.24) is 9.99 Å². The van der Waals surface area contributed by atoms with E-state index in [0.29, 0.717) is 11.5 Å². The van der Waals surface area contributed by atoms with Gasteiger partial charge < -0.3 is 4.52 Å². The number of sulfonamides is 1. The third kappa shape index (κ3) is 3.34. The molecule has 1 heterocycles. The first kappa shape index (κ1) is 14.5. The molecule has 0 bridgehead atoms.